The molecular weight excluding hydrogens is 276 g/mol. The van der Waals surface area contributed by atoms with Crippen molar-refractivity contribution in [3.8, 4) is 5.75 Å². The number of hydrogen-bond acceptors (Lipinski definition) is 3. The van der Waals surface area contributed by atoms with Gasteiger partial charge in [-0.2, -0.15) is 0 Å². The Bertz CT molecular complexity index is 472. The van der Waals surface area contributed by atoms with Crippen molar-refractivity contribution in [2.24, 2.45) is 0 Å². The molecule has 0 saturated heterocycles. The fraction of sp³-hybridized carbons (Fsp3) is 0.611. The molecule has 22 heavy (non-hydrogen) atoms. The van der Waals surface area contributed by atoms with E-state index in [9.17, 15) is 4.79 Å². The molecule has 0 heterocycles. The lowest BCUT2D eigenvalue weighted by Crippen LogP contribution is -2.40. The monoisotopic (exact) mass is 306 g/mol. The Labute approximate surface area is 134 Å². The zero-order valence-corrected chi connectivity index (χ0v) is 14.5. The number of benzene rings is 1. The van der Waals surface area contributed by atoms with Gasteiger partial charge in [0.2, 0.25) is 0 Å². The van der Waals surface area contributed by atoms with Crippen molar-refractivity contribution in [2.45, 2.75) is 53.1 Å². The van der Waals surface area contributed by atoms with E-state index in [-0.39, 0.29) is 5.91 Å². The van der Waals surface area contributed by atoms with Gasteiger partial charge in [0.05, 0.1) is 0 Å². The third-order valence-corrected chi connectivity index (χ3v) is 3.49. The molecule has 0 aliphatic carbocycles. The lowest BCUT2D eigenvalue weighted by atomic mass is 10.0. The Hall–Kier alpha value is -1.55. The average molecular weight is 306 g/mol. The molecule has 2 N–H and O–H groups in total. The van der Waals surface area contributed by atoms with E-state index in [1.54, 1.807) is 6.92 Å². The Morgan fingerprint density at radius 1 is 1.18 bits per heavy atom. The highest BCUT2D eigenvalue weighted by Crippen LogP contribution is 2.28. The highest BCUT2D eigenvalue weighted by molar-refractivity contribution is 5.80. The van der Waals surface area contributed by atoms with Gasteiger partial charge in [-0.05, 0) is 49.9 Å². The summed E-state index contributed by atoms with van der Waals surface area (Å²) >= 11 is 0. The van der Waals surface area contributed by atoms with Crippen LogP contribution in [0.2, 0.25) is 0 Å². The molecular formula is C18H30N2O2. The van der Waals surface area contributed by atoms with Crippen LogP contribution in [0.4, 0.5) is 0 Å². The van der Waals surface area contributed by atoms with E-state index in [2.05, 4.69) is 43.5 Å². The van der Waals surface area contributed by atoms with Crippen molar-refractivity contribution in [3.63, 3.8) is 0 Å². The molecule has 0 aliphatic heterocycles. The highest BCUT2D eigenvalue weighted by atomic mass is 16.5. The Balaban J connectivity index is 2.55. The van der Waals surface area contributed by atoms with E-state index >= 15 is 0 Å². The molecule has 1 unspecified atom stereocenters. The molecule has 0 fully saturated rings. The summed E-state index contributed by atoms with van der Waals surface area (Å²) in [5.74, 6) is 1.10. The van der Waals surface area contributed by atoms with E-state index in [0.29, 0.717) is 12.5 Å². The van der Waals surface area contributed by atoms with Gasteiger partial charge in [-0.15, -0.1) is 0 Å². The number of rotatable bonds is 9. The average Bonchev–Trinajstić information content (AvgIpc) is 2.46. The first-order valence-electron chi connectivity index (χ1n) is 8.21. The number of hydrogen-bond donors (Lipinski definition) is 2. The lowest BCUT2D eigenvalue weighted by Gasteiger charge is -2.19. The second kappa shape index (κ2) is 9.46. The van der Waals surface area contributed by atoms with E-state index in [4.69, 9.17) is 4.74 Å². The first kappa shape index (κ1) is 18.5. The molecule has 0 spiro atoms. The van der Waals surface area contributed by atoms with Gasteiger partial charge in [-0.3, -0.25) is 4.79 Å². The van der Waals surface area contributed by atoms with Gasteiger partial charge in [0.15, 0.2) is 6.10 Å². The molecule has 0 radical (unpaired) electrons. The van der Waals surface area contributed by atoms with Gasteiger partial charge in [0.1, 0.15) is 5.75 Å². The van der Waals surface area contributed by atoms with Crippen LogP contribution in [-0.2, 0) is 4.79 Å². The molecule has 0 aromatic heterocycles. The number of carbonyl (C=O) groups is 1. The largest absolute Gasteiger partial charge is 0.481 e. The lowest BCUT2D eigenvalue weighted by molar-refractivity contribution is -0.127. The van der Waals surface area contributed by atoms with Crippen molar-refractivity contribution in [1.82, 2.24) is 10.6 Å². The maximum Gasteiger partial charge on any atom is 0.260 e. The molecule has 1 aromatic rings. The summed E-state index contributed by atoms with van der Waals surface area (Å²) in [6.45, 7) is 12.6. The van der Waals surface area contributed by atoms with E-state index in [1.165, 1.54) is 0 Å². The summed E-state index contributed by atoms with van der Waals surface area (Å²) in [6.07, 6.45) is 0.601. The summed E-state index contributed by atoms with van der Waals surface area (Å²) in [5, 5.41) is 6.15. The molecule has 124 valence electrons. The number of carbonyl (C=O) groups excluding carboxylic acids is 1. The van der Waals surface area contributed by atoms with E-state index < -0.39 is 6.10 Å². The second-order valence-electron chi connectivity index (χ2n) is 6.00. The van der Waals surface area contributed by atoms with Gasteiger partial charge in [-0.25, -0.2) is 0 Å². The van der Waals surface area contributed by atoms with Crippen LogP contribution in [0, 0.1) is 6.92 Å². The van der Waals surface area contributed by atoms with E-state index in [1.807, 2.05) is 13.0 Å². The fourth-order valence-electron chi connectivity index (χ4n) is 2.18. The number of nitrogens with one attached hydrogen (secondary N) is 2. The Kier molecular flexibility index (Phi) is 7.96. The third kappa shape index (κ3) is 6.06. The third-order valence-electron chi connectivity index (χ3n) is 3.49. The van der Waals surface area contributed by atoms with Crippen LogP contribution in [0.3, 0.4) is 0 Å². The highest BCUT2D eigenvalue weighted by Gasteiger charge is 2.17. The summed E-state index contributed by atoms with van der Waals surface area (Å²) in [4.78, 5) is 12.1. The van der Waals surface area contributed by atoms with Crippen molar-refractivity contribution in [3.05, 3.63) is 29.3 Å². The maximum absolute atomic E-state index is 12.1. The number of ether oxygens (including phenoxy) is 1. The van der Waals surface area contributed by atoms with Crippen LogP contribution >= 0.6 is 0 Å². The van der Waals surface area contributed by atoms with Crippen LogP contribution < -0.4 is 15.4 Å². The Morgan fingerprint density at radius 3 is 2.55 bits per heavy atom. The molecule has 1 aromatic carbocycles. The molecule has 1 atom stereocenters. The van der Waals surface area contributed by atoms with Gasteiger partial charge in [-0.1, -0.05) is 32.9 Å². The summed E-state index contributed by atoms with van der Waals surface area (Å²) in [6, 6.07) is 6.16. The van der Waals surface area contributed by atoms with Crippen molar-refractivity contribution in [2.75, 3.05) is 19.6 Å². The summed E-state index contributed by atoms with van der Waals surface area (Å²) in [5.41, 5.74) is 2.27. The molecule has 4 heteroatoms. The first-order valence-corrected chi connectivity index (χ1v) is 8.21. The topological polar surface area (TPSA) is 50.4 Å². The van der Waals surface area contributed by atoms with Crippen molar-refractivity contribution < 1.29 is 9.53 Å². The van der Waals surface area contributed by atoms with Crippen LogP contribution in [-0.4, -0.2) is 31.6 Å². The second-order valence-corrected chi connectivity index (χ2v) is 6.00. The van der Waals surface area contributed by atoms with Crippen LogP contribution in [0.5, 0.6) is 5.75 Å². The standard InChI is InChI=1S/C18H30N2O2/c1-6-9-19-10-11-20-18(21)15(5)22-17-12-14(4)7-8-16(17)13(2)3/h7-8,12-13,15,19H,6,9-11H2,1-5H3,(H,20,21). The number of aryl methyl sites for hydroxylation is 1. The van der Waals surface area contributed by atoms with Crippen LogP contribution in [0.25, 0.3) is 0 Å². The van der Waals surface area contributed by atoms with Crippen molar-refractivity contribution in [1.29, 1.82) is 0 Å². The molecule has 0 aliphatic rings. The fourth-order valence-corrected chi connectivity index (χ4v) is 2.18. The predicted molar refractivity (Wildman–Crippen MR) is 91.5 cm³/mol. The maximum atomic E-state index is 12.1. The molecule has 1 amide bonds. The van der Waals surface area contributed by atoms with Gasteiger partial charge >= 0.3 is 0 Å². The van der Waals surface area contributed by atoms with Gasteiger partial charge in [0, 0.05) is 13.1 Å². The minimum Gasteiger partial charge on any atom is -0.481 e. The molecule has 4 nitrogen and oxygen atoms in total. The zero-order chi connectivity index (χ0) is 16.5. The minimum absolute atomic E-state index is 0.0745. The molecule has 1 rings (SSSR count). The van der Waals surface area contributed by atoms with Crippen molar-refractivity contribution >= 4 is 5.91 Å². The quantitative estimate of drug-likeness (QED) is 0.690. The summed E-state index contributed by atoms with van der Waals surface area (Å²) in [7, 11) is 0. The predicted octanol–water partition coefficient (Wildman–Crippen LogP) is 3.00. The van der Waals surface area contributed by atoms with Gasteiger partial charge < -0.3 is 15.4 Å². The summed E-state index contributed by atoms with van der Waals surface area (Å²) < 4.78 is 5.90. The van der Waals surface area contributed by atoms with Crippen LogP contribution in [0.15, 0.2) is 18.2 Å². The van der Waals surface area contributed by atoms with E-state index in [0.717, 1.165) is 36.4 Å². The zero-order valence-electron chi connectivity index (χ0n) is 14.5. The number of amides is 1. The normalized spacial score (nSPS) is 12.3. The minimum atomic E-state index is -0.495. The smallest absolute Gasteiger partial charge is 0.260 e. The Morgan fingerprint density at radius 2 is 1.91 bits per heavy atom. The molecule has 0 bridgehead atoms. The SMILES string of the molecule is CCCNCCNC(=O)C(C)Oc1cc(C)ccc1C(C)C. The van der Waals surface area contributed by atoms with Gasteiger partial charge in [0.25, 0.3) is 5.91 Å². The van der Waals surface area contributed by atoms with Crippen LogP contribution in [0.1, 0.15) is 51.2 Å². The first-order chi connectivity index (χ1) is 10.5. The molecule has 0 saturated carbocycles.